The van der Waals surface area contributed by atoms with Gasteiger partial charge < -0.3 is 19.7 Å². The fourth-order valence-electron chi connectivity index (χ4n) is 3.52. The summed E-state index contributed by atoms with van der Waals surface area (Å²) in [6, 6.07) is 8.81. The number of aryl methyl sites for hydroxylation is 1. The zero-order chi connectivity index (χ0) is 20.9. The smallest absolute Gasteiger partial charge is 0.330 e. The number of aromatic nitrogens is 3. The van der Waals surface area contributed by atoms with Crippen molar-refractivity contribution >= 4 is 22.8 Å². The van der Waals surface area contributed by atoms with E-state index in [1.165, 1.54) is 23.9 Å². The number of nitrogens with zero attached hydrogens (tertiary/aromatic N) is 4. The number of rotatable bonds is 6. The number of carbonyl (C=O) groups excluding carboxylic acids is 1. The molecule has 2 aromatic heterocycles. The summed E-state index contributed by atoms with van der Waals surface area (Å²) in [5, 5.41) is 2.89. The molecule has 30 heavy (non-hydrogen) atoms. The Morgan fingerprint density at radius 1 is 1.27 bits per heavy atom. The number of halogens is 1. The third-order valence-electron chi connectivity index (χ3n) is 5.08. The van der Waals surface area contributed by atoms with Gasteiger partial charge in [0.25, 0.3) is 0 Å². The first-order valence-electron chi connectivity index (χ1n) is 9.93. The predicted octanol–water partition coefficient (Wildman–Crippen LogP) is 2.61. The molecule has 1 aliphatic heterocycles. The summed E-state index contributed by atoms with van der Waals surface area (Å²) >= 11 is 0. The Kier molecular flexibility index (Phi) is 6.08. The van der Waals surface area contributed by atoms with E-state index in [4.69, 9.17) is 9.47 Å². The minimum absolute atomic E-state index is 0.240. The highest BCUT2D eigenvalue weighted by atomic mass is 19.1. The first-order valence-corrected chi connectivity index (χ1v) is 9.93. The SMILES string of the molecule is COc1nc2cc(N3CCOCC3)ccc2n1C(=O)NCCCc1ccc(F)nc1. The van der Waals surface area contributed by atoms with E-state index in [-0.39, 0.29) is 12.0 Å². The highest BCUT2D eigenvalue weighted by molar-refractivity contribution is 5.92. The topological polar surface area (TPSA) is 81.5 Å². The molecule has 4 rings (SSSR count). The standard InChI is InChI=1S/C21H24FN5O3/c1-29-21-25-17-13-16(26-9-11-30-12-10-26)5-6-18(17)27(21)20(28)23-8-2-3-15-4-7-19(22)24-14-15/h4-7,13-14H,2-3,8-12H2,1H3,(H,23,28). The number of pyridine rings is 1. The van der Waals surface area contributed by atoms with Gasteiger partial charge in [-0.25, -0.2) is 14.3 Å². The number of ether oxygens (including phenoxy) is 2. The molecule has 3 aromatic rings. The maximum Gasteiger partial charge on any atom is 0.330 e. The Hall–Kier alpha value is -3.20. The minimum atomic E-state index is -0.497. The summed E-state index contributed by atoms with van der Waals surface area (Å²) < 4.78 is 25.1. The number of benzene rings is 1. The van der Waals surface area contributed by atoms with Crippen LogP contribution in [0.1, 0.15) is 12.0 Å². The van der Waals surface area contributed by atoms with Crippen LogP contribution in [0.25, 0.3) is 11.0 Å². The average Bonchev–Trinajstić information content (AvgIpc) is 3.16. The number of methoxy groups -OCH3 is 1. The average molecular weight is 413 g/mol. The number of amides is 1. The molecule has 1 saturated heterocycles. The van der Waals surface area contributed by atoms with Crippen molar-refractivity contribution in [2.24, 2.45) is 0 Å². The number of fused-ring (bicyclic) bond motifs is 1. The van der Waals surface area contributed by atoms with E-state index in [9.17, 15) is 9.18 Å². The van der Waals surface area contributed by atoms with E-state index < -0.39 is 5.95 Å². The molecule has 1 amide bonds. The maximum absolute atomic E-state index is 12.9. The van der Waals surface area contributed by atoms with Gasteiger partial charge in [-0.3, -0.25) is 0 Å². The van der Waals surface area contributed by atoms with Gasteiger partial charge in [0.15, 0.2) is 0 Å². The lowest BCUT2D eigenvalue weighted by molar-refractivity contribution is 0.122. The fourth-order valence-corrected chi connectivity index (χ4v) is 3.52. The molecule has 0 aliphatic carbocycles. The summed E-state index contributed by atoms with van der Waals surface area (Å²) in [4.78, 5) is 23.1. The molecule has 1 N–H and O–H groups in total. The molecule has 0 spiro atoms. The van der Waals surface area contributed by atoms with Gasteiger partial charge in [0.05, 0.1) is 31.4 Å². The Labute approximate surface area is 173 Å². The molecule has 0 bridgehead atoms. The van der Waals surface area contributed by atoms with Crippen LogP contribution >= 0.6 is 0 Å². The highest BCUT2D eigenvalue weighted by Crippen LogP contribution is 2.26. The van der Waals surface area contributed by atoms with Gasteiger partial charge in [-0.2, -0.15) is 9.37 Å². The van der Waals surface area contributed by atoms with Crippen molar-refractivity contribution < 1.29 is 18.7 Å². The van der Waals surface area contributed by atoms with Crippen LogP contribution in [0.5, 0.6) is 6.01 Å². The zero-order valence-corrected chi connectivity index (χ0v) is 16.8. The highest BCUT2D eigenvalue weighted by Gasteiger charge is 2.19. The number of imidazole rings is 1. The second-order valence-electron chi connectivity index (χ2n) is 7.03. The number of carbonyl (C=O) groups is 1. The predicted molar refractivity (Wildman–Crippen MR) is 111 cm³/mol. The van der Waals surface area contributed by atoms with Crippen LogP contribution in [0.2, 0.25) is 0 Å². The Morgan fingerprint density at radius 3 is 2.83 bits per heavy atom. The number of anilines is 1. The summed E-state index contributed by atoms with van der Waals surface area (Å²) in [6.45, 7) is 3.52. The number of hydrogen-bond acceptors (Lipinski definition) is 6. The summed E-state index contributed by atoms with van der Waals surface area (Å²) in [7, 11) is 1.50. The van der Waals surface area contributed by atoms with E-state index in [0.29, 0.717) is 43.6 Å². The van der Waals surface area contributed by atoms with E-state index in [0.717, 1.165) is 24.3 Å². The lowest BCUT2D eigenvalue weighted by Crippen LogP contribution is -2.36. The monoisotopic (exact) mass is 413 g/mol. The largest absolute Gasteiger partial charge is 0.468 e. The fraction of sp³-hybridized carbons (Fsp3) is 0.381. The Balaban J connectivity index is 1.43. The summed E-state index contributed by atoms with van der Waals surface area (Å²) in [5.74, 6) is -0.497. The van der Waals surface area contributed by atoms with Gasteiger partial charge in [0.2, 0.25) is 5.95 Å². The van der Waals surface area contributed by atoms with Crippen molar-refractivity contribution in [1.82, 2.24) is 19.9 Å². The molecule has 0 atom stereocenters. The van der Waals surface area contributed by atoms with Crippen molar-refractivity contribution in [3.8, 4) is 6.01 Å². The van der Waals surface area contributed by atoms with Crippen LogP contribution in [-0.4, -0.2) is 60.5 Å². The molecular formula is C21H24FN5O3. The third kappa shape index (κ3) is 4.35. The molecule has 1 aromatic carbocycles. The normalized spacial score (nSPS) is 14.1. The molecule has 8 nitrogen and oxygen atoms in total. The molecule has 0 radical (unpaired) electrons. The first kappa shape index (κ1) is 20.1. The Morgan fingerprint density at radius 2 is 2.10 bits per heavy atom. The lowest BCUT2D eigenvalue weighted by Gasteiger charge is -2.28. The van der Waals surface area contributed by atoms with Crippen molar-refractivity contribution in [2.75, 3.05) is 44.9 Å². The Bertz CT molecular complexity index is 1020. The quantitative estimate of drug-likeness (QED) is 0.494. The van der Waals surface area contributed by atoms with Crippen molar-refractivity contribution in [1.29, 1.82) is 0 Å². The molecule has 158 valence electrons. The van der Waals surface area contributed by atoms with E-state index in [1.54, 1.807) is 6.07 Å². The van der Waals surface area contributed by atoms with Crippen LogP contribution < -0.4 is 15.0 Å². The lowest BCUT2D eigenvalue weighted by atomic mass is 10.1. The van der Waals surface area contributed by atoms with Crippen molar-refractivity contribution in [2.45, 2.75) is 12.8 Å². The molecule has 9 heteroatoms. The third-order valence-corrected chi connectivity index (χ3v) is 5.08. The first-order chi connectivity index (χ1) is 14.7. The van der Waals surface area contributed by atoms with Crippen LogP contribution in [0.15, 0.2) is 36.5 Å². The number of nitrogens with one attached hydrogen (secondary N) is 1. The van der Waals surface area contributed by atoms with Crippen molar-refractivity contribution in [3.05, 3.63) is 48.0 Å². The van der Waals surface area contributed by atoms with E-state index in [2.05, 4.69) is 20.2 Å². The molecule has 1 aliphatic rings. The van der Waals surface area contributed by atoms with Gasteiger partial charge in [0.1, 0.15) is 0 Å². The van der Waals surface area contributed by atoms with Crippen molar-refractivity contribution in [3.63, 3.8) is 0 Å². The maximum atomic E-state index is 12.9. The van der Waals surface area contributed by atoms with Crippen LogP contribution in [0.4, 0.5) is 14.9 Å². The summed E-state index contributed by atoms with van der Waals surface area (Å²) in [6.07, 6.45) is 2.91. The van der Waals surface area contributed by atoms with Gasteiger partial charge in [-0.15, -0.1) is 0 Å². The van der Waals surface area contributed by atoms with Gasteiger partial charge in [-0.1, -0.05) is 6.07 Å². The van der Waals surface area contributed by atoms with Crippen LogP contribution in [0, 0.1) is 5.95 Å². The zero-order valence-electron chi connectivity index (χ0n) is 16.8. The molecule has 0 unspecified atom stereocenters. The molecular weight excluding hydrogens is 389 g/mol. The van der Waals surface area contributed by atoms with Gasteiger partial charge in [-0.05, 0) is 42.7 Å². The van der Waals surface area contributed by atoms with Gasteiger partial charge in [0, 0.05) is 31.5 Å². The number of morpholine rings is 1. The second-order valence-corrected chi connectivity index (χ2v) is 7.03. The van der Waals surface area contributed by atoms with Crippen LogP contribution in [-0.2, 0) is 11.2 Å². The summed E-state index contributed by atoms with van der Waals surface area (Å²) in [5.41, 5.74) is 3.35. The number of hydrogen-bond donors (Lipinski definition) is 1. The van der Waals surface area contributed by atoms with E-state index >= 15 is 0 Å². The second kappa shape index (κ2) is 9.08. The molecule has 3 heterocycles. The van der Waals surface area contributed by atoms with Gasteiger partial charge >= 0.3 is 12.0 Å². The van der Waals surface area contributed by atoms with Crippen LogP contribution in [0.3, 0.4) is 0 Å². The molecule has 0 saturated carbocycles. The minimum Gasteiger partial charge on any atom is -0.468 e. The molecule has 1 fully saturated rings. The van der Waals surface area contributed by atoms with E-state index in [1.807, 2.05) is 18.2 Å².